The van der Waals surface area contributed by atoms with Gasteiger partial charge < -0.3 is 19.4 Å². The molecular formula is C23H26BF3N2O5. The minimum Gasteiger partial charge on any atom is -0.447 e. The number of carbonyl (C=O) groups excluding carboxylic acids is 2. The summed E-state index contributed by atoms with van der Waals surface area (Å²) in [6.07, 6.45) is -6.21. The Kier molecular flexibility index (Phi) is 6.83. The Morgan fingerprint density at radius 2 is 1.71 bits per heavy atom. The number of hydrogen-bond donors (Lipinski definition) is 1. The van der Waals surface area contributed by atoms with Crippen LogP contribution in [0.15, 0.2) is 36.4 Å². The predicted octanol–water partition coefficient (Wildman–Crippen LogP) is 3.95. The number of halogens is 3. The van der Waals surface area contributed by atoms with Crippen LogP contribution in [-0.2, 0) is 29.8 Å². The van der Waals surface area contributed by atoms with Crippen molar-refractivity contribution in [2.24, 2.45) is 0 Å². The molecule has 0 spiro atoms. The minimum absolute atomic E-state index is 0.118. The van der Waals surface area contributed by atoms with Crippen molar-refractivity contribution in [3.63, 3.8) is 0 Å². The van der Waals surface area contributed by atoms with Crippen molar-refractivity contribution in [3.05, 3.63) is 53.2 Å². The van der Waals surface area contributed by atoms with Crippen molar-refractivity contribution in [2.75, 3.05) is 5.32 Å². The molecule has 1 amide bonds. The van der Waals surface area contributed by atoms with Gasteiger partial charge in [0.1, 0.15) is 5.82 Å². The number of aromatic nitrogens is 1. The van der Waals surface area contributed by atoms with Crippen molar-refractivity contribution in [1.29, 1.82) is 0 Å². The third-order valence-electron chi connectivity index (χ3n) is 5.92. The highest BCUT2D eigenvalue weighted by Gasteiger charge is 2.52. The van der Waals surface area contributed by atoms with E-state index in [9.17, 15) is 22.8 Å². The van der Waals surface area contributed by atoms with E-state index in [2.05, 4.69) is 10.3 Å². The first-order valence-corrected chi connectivity index (χ1v) is 10.6. The zero-order chi connectivity index (χ0) is 25.5. The Morgan fingerprint density at radius 3 is 2.24 bits per heavy atom. The fourth-order valence-corrected chi connectivity index (χ4v) is 3.37. The van der Waals surface area contributed by atoms with Crippen LogP contribution in [-0.4, -0.2) is 35.2 Å². The van der Waals surface area contributed by atoms with E-state index in [1.54, 1.807) is 13.0 Å². The van der Waals surface area contributed by atoms with Crippen molar-refractivity contribution >= 4 is 30.3 Å². The Morgan fingerprint density at radius 1 is 1.09 bits per heavy atom. The molecule has 34 heavy (non-hydrogen) atoms. The lowest BCUT2D eigenvalue weighted by atomic mass is 9.78. The third kappa shape index (κ3) is 5.42. The van der Waals surface area contributed by atoms with E-state index in [0.717, 1.165) is 25.1 Å². The second-order valence-electron chi connectivity index (χ2n) is 9.06. The number of anilines is 1. The van der Waals surface area contributed by atoms with Crippen LogP contribution < -0.4 is 10.8 Å². The van der Waals surface area contributed by atoms with Gasteiger partial charge in [0.15, 0.2) is 0 Å². The van der Waals surface area contributed by atoms with Crippen molar-refractivity contribution in [2.45, 2.75) is 65.0 Å². The van der Waals surface area contributed by atoms with E-state index in [1.807, 2.05) is 27.7 Å². The van der Waals surface area contributed by atoms with Gasteiger partial charge in [0.25, 0.3) is 5.91 Å². The summed E-state index contributed by atoms with van der Waals surface area (Å²) in [5.74, 6) is -1.53. The van der Waals surface area contributed by atoms with Crippen molar-refractivity contribution in [3.8, 4) is 0 Å². The number of alkyl halides is 3. The second-order valence-corrected chi connectivity index (χ2v) is 9.06. The maximum atomic E-state index is 13.1. The number of ether oxygens (including phenoxy) is 1. The first-order chi connectivity index (χ1) is 15.6. The number of benzene rings is 1. The molecule has 3 rings (SSSR count). The van der Waals surface area contributed by atoms with Gasteiger partial charge in [0, 0.05) is 23.6 Å². The van der Waals surface area contributed by atoms with Gasteiger partial charge in [-0.1, -0.05) is 18.2 Å². The zero-order valence-electron chi connectivity index (χ0n) is 19.7. The molecule has 0 bridgehead atoms. The van der Waals surface area contributed by atoms with E-state index >= 15 is 0 Å². The molecule has 1 unspecified atom stereocenters. The largest absolute Gasteiger partial charge is 0.496 e. The van der Waals surface area contributed by atoms with Crippen LogP contribution in [0, 0.1) is 6.92 Å². The third-order valence-corrected chi connectivity index (χ3v) is 5.92. The lowest BCUT2D eigenvalue weighted by molar-refractivity contribution is -0.152. The Labute approximate surface area is 196 Å². The number of amides is 1. The predicted molar refractivity (Wildman–Crippen MR) is 119 cm³/mol. The number of esters is 1. The number of aryl methyl sites for hydroxylation is 1. The summed E-state index contributed by atoms with van der Waals surface area (Å²) in [5, 5.41) is 2.51. The molecular weight excluding hydrogens is 452 g/mol. The molecule has 7 nitrogen and oxygen atoms in total. The molecule has 1 aliphatic rings. The molecule has 182 valence electrons. The average Bonchev–Trinajstić information content (AvgIpc) is 2.92. The summed E-state index contributed by atoms with van der Waals surface area (Å²) in [5.41, 5.74) is -0.965. The molecule has 1 aromatic heterocycles. The Balaban J connectivity index is 1.83. The smallest absolute Gasteiger partial charge is 0.447 e. The van der Waals surface area contributed by atoms with Crippen molar-refractivity contribution in [1.82, 2.24) is 4.98 Å². The topological polar surface area (TPSA) is 86.8 Å². The van der Waals surface area contributed by atoms with Crippen LogP contribution >= 0.6 is 0 Å². The first kappa shape index (κ1) is 25.7. The summed E-state index contributed by atoms with van der Waals surface area (Å²) < 4.78 is 56.4. The van der Waals surface area contributed by atoms with Gasteiger partial charge in [-0.15, -0.1) is 0 Å². The molecule has 1 fully saturated rings. The standard InChI is InChI=1S/C23H26BF3N2O5/c1-13-17(24-33-21(3,4)22(5,6)34-24)10-11-18(28-13)29-20(31)19(32-14(2)30)15-8-7-9-16(12-15)23(25,26)27/h7-12,19H,1-6H3,(H,28,29,31). The fraction of sp³-hybridized carbons (Fsp3) is 0.435. The monoisotopic (exact) mass is 478 g/mol. The maximum Gasteiger partial charge on any atom is 0.496 e. The number of nitrogens with zero attached hydrogens (tertiary/aromatic N) is 1. The number of nitrogens with one attached hydrogen (secondary N) is 1. The molecule has 0 aliphatic carbocycles. The highest BCUT2D eigenvalue weighted by Crippen LogP contribution is 2.37. The highest BCUT2D eigenvalue weighted by molar-refractivity contribution is 6.62. The second kappa shape index (κ2) is 9.03. The van der Waals surface area contributed by atoms with E-state index in [-0.39, 0.29) is 11.4 Å². The van der Waals surface area contributed by atoms with Crippen LogP contribution in [0.1, 0.15) is 57.5 Å². The summed E-state index contributed by atoms with van der Waals surface area (Å²) in [6, 6.07) is 7.26. The average molecular weight is 478 g/mol. The van der Waals surface area contributed by atoms with E-state index in [1.165, 1.54) is 12.1 Å². The zero-order valence-corrected chi connectivity index (χ0v) is 19.7. The fourth-order valence-electron chi connectivity index (χ4n) is 3.37. The first-order valence-electron chi connectivity index (χ1n) is 10.6. The SMILES string of the molecule is CC(=O)OC(C(=O)Nc1ccc(B2OC(C)(C)C(C)(C)O2)c(C)n1)c1cccc(C(F)(F)F)c1. The highest BCUT2D eigenvalue weighted by atomic mass is 19.4. The quantitative estimate of drug-likeness (QED) is 0.518. The molecule has 11 heteroatoms. The maximum absolute atomic E-state index is 13.1. The molecule has 1 atom stereocenters. The number of hydrogen-bond acceptors (Lipinski definition) is 6. The molecule has 1 aliphatic heterocycles. The van der Waals surface area contributed by atoms with Crippen LogP contribution in [0.25, 0.3) is 0 Å². The van der Waals surface area contributed by atoms with Gasteiger partial charge in [-0.3, -0.25) is 9.59 Å². The molecule has 1 N–H and O–H groups in total. The van der Waals surface area contributed by atoms with E-state index < -0.39 is 48.0 Å². The molecule has 1 aromatic carbocycles. The van der Waals surface area contributed by atoms with Crippen LogP contribution in [0.2, 0.25) is 0 Å². The molecule has 0 radical (unpaired) electrons. The van der Waals surface area contributed by atoms with Gasteiger partial charge in [-0.05, 0) is 52.8 Å². The number of carbonyl (C=O) groups is 2. The van der Waals surface area contributed by atoms with Gasteiger partial charge in [-0.2, -0.15) is 13.2 Å². The van der Waals surface area contributed by atoms with Crippen LogP contribution in [0.5, 0.6) is 0 Å². The molecule has 1 saturated heterocycles. The Hall–Kier alpha value is -2.92. The van der Waals surface area contributed by atoms with Gasteiger partial charge in [0.2, 0.25) is 6.10 Å². The van der Waals surface area contributed by atoms with Crippen LogP contribution in [0.3, 0.4) is 0 Å². The Bertz CT molecular complexity index is 1090. The normalized spacial score (nSPS) is 17.9. The summed E-state index contributed by atoms with van der Waals surface area (Å²) >= 11 is 0. The minimum atomic E-state index is -4.62. The summed E-state index contributed by atoms with van der Waals surface area (Å²) in [7, 11) is -0.652. The van der Waals surface area contributed by atoms with Crippen LogP contribution in [0.4, 0.5) is 19.0 Å². The summed E-state index contributed by atoms with van der Waals surface area (Å²) in [4.78, 5) is 28.8. The number of rotatable bonds is 5. The van der Waals surface area contributed by atoms with E-state index in [0.29, 0.717) is 11.2 Å². The van der Waals surface area contributed by atoms with Gasteiger partial charge in [0.05, 0.1) is 16.8 Å². The van der Waals surface area contributed by atoms with Crippen molar-refractivity contribution < 1.29 is 36.8 Å². The summed E-state index contributed by atoms with van der Waals surface area (Å²) in [6.45, 7) is 10.5. The molecule has 0 saturated carbocycles. The van der Waals surface area contributed by atoms with Gasteiger partial charge in [-0.25, -0.2) is 4.98 Å². The van der Waals surface area contributed by atoms with Gasteiger partial charge >= 0.3 is 19.3 Å². The number of pyridine rings is 1. The molecule has 2 aromatic rings. The lowest BCUT2D eigenvalue weighted by Crippen LogP contribution is -2.41. The lowest BCUT2D eigenvalue weighted by Gasteiger charge is -2.32. The van der Waals surface area contributed by atoms with E-state index in [4.69, 9.17) is 14.0 Å². The molecule has 2 heterocycles.